The highest BCUT2D eigenvalue weighted by Crippen LogP contribution is 2.12. The first-order valence-corrected chi connectivity index (χ1v) is 10.6. The summed E-state index contributed by atoms with van der Waals surface area (Å²) in [7, 11) is 0. The number of carbonyl (C=O) groups is 2. The van der Waals surface area contributed by atoms with Crippen molar-refractivity contribution in [3.63, 3.8) is 0 Å². The third-order valence-corrected chi connectivity index (χ3v) is 5.25. The number of aryl methyl sites for hydroxylation is 2. The van der Waals surface area contributed by atoms with Gasteiger partial charge in [-0.1, -0.05) is 42.0 Å². The molecule has 0 bridgehead atoms. The molecule has 0 atom stereocenters. The fourth-order valence-corrected chi connectivity index (χ4v) is 3.43. The second kappa shape index (κ2) is 10.7. The van der Waals surface area contributed by atoms with Crippen LogP contribution in [0.5, 0.6) is 5.75 Å². The van der Waals surface area contributed by atoms with Gasteiger partial charge in [0.2, 0.25) is 5.91 Å². The van der Waals surface area contributed by atoms with Crippen molar-refractivity contribution in [3.8, 4) is 5.75 Å². The SMILES string of the molecule is Cc1ccc(CC(=O)N2CCN(C(=O)NCCCOc3cccc(C)c3)CC2)cc1. The van der Waals surface area contributed by atoms with E-state index in [1.54, 1.807) is 4.90 Å². The predicted octanol–water partition coefficient (Wildman–Crippen LogP) is 3.17. The Bertz CT molecular complexity index is 843. The molecule has 0 aliphatic carbocycles. The van der Waals surface area contributed by atoms with Crippen molar-refractivity contribution in [2.24, 2.45) is 0 Å². The van der Waals surface area contributed by atoms with E-state index in [0.717, 1.165) is 23.3 Å². The normalized spacial score (nSPS) is 13.8. The largest absolute Gasteiger partial charge is 0.494 e. The molecule has 2 aromatic carbocycles. The number of ether oxygens (including phenoxy) is 1. The van der Waals surface area contributed by atoms with Gasteiger partial charge >= 0.3 is 6.03 Å². The van der Waals surface area contributed by atoms with Gasteiger partial charge in [-0.15, -0.1) is 0 Å². The third-order valence-electron chi connectivity index (χ3n) is 5.25. The Balaban J connectivity index is 1.31. The van der Waals surface area contributed by atoms with Crippen molar-refractivity contribution in [1.82, 2.24) is 15.1 Å². The van der Waals surface area contributed by atoms with Gasteiger partial charge in [-0.05, 0) is 43.5 Å². The van der Waals surface area contributed by atoms with E-state index >= 15 is 0 Å². The van der Waals surface area contributed by atoms with Gasteiger partial charge in [-0.2, -0.15) is 0 Å². The molecule has 0 aromatic heterocycles. The monoisotopic (exact) mass is 409 g/mol. The topological polar surface area (TPSA) is 61.9 Å². The van der Waals surface area contributed by atoms with E-state index in [1.165, 1.54) is 5.56 Å². The molecule has 6 nitrogen and oxygen atoms in total. The summed E-state index contributed by atoms with van der Waals surface area (Å²) in [5.41, 5.74) is 3.38. The molecule has 1 N–H and O–H groups in total. The fraction of sp³-hybridized carbons (Fsp3) is 0.417. The van der Waals surface area contributed by atoms with Gasteiger partial charge in [0.25, 0.3) is 0 Å². The molecule has 2 aromatic rings. The van der Waals surface area contributed by atoms with Gasteiger partial charge in [-0.3, -0.25) is 4.79 Å². The number of nitrogens with one attached hydrogen (secondary N) is 1. The minimum atomic E-state index is -0.0730. The van der Waals surface area contributed by atoms with Crippen LogP contribution in [-0.2, 0) is 11.2 Å². The molecule has 1 fully saturated rings. The van der Waals surface area contributed by atoms with E-state index in [1.807, 2.05) is 67.3 Å². The lowest BCUT2D eigenvalue weighted by atomic mass is 10.1. The van der Waals surface area contributed by atoms with Crippen molar-refractivity contribution in [3.05, 3.63) is 65.2 Å². The summed E-state index contributed by atoms with van der Waals surface area (Å²) in [6.45, 7) is 7.47. The van der Waals surface area contributed by atoms with Crippen molar-refractivity contribution < 1.29 is 14.3 Å². The Kier molecular flexibility index (Phi) is 7.71. The van der Waals surface area contributed by atoms with Gasteiger partial charge < -0.3 is 19.9 Å². The van der Waals surface area contributed by atoms with Crippen LogP contribution in [0.15, 0.2) is 48.5 Å². The smallest absolute Gasteiger partial charge is 0.317 e. The van der Waals surface area contributed by atoms with Crippen LogP contribution in [0.4, 0.5) is 4.79 Å². The zero-order chi connectivity index (χ0) is 21.3. The average molecular weight is 410 g/mol. The molecule has 1 aliphatic rings. The second-order valence-electron chi connectivity index (χ2n) is 7.78. The summed E-state index contributed by atoms with van der Waals surface area (Å²) in [5, 5.41) is 2.94. The third kappa shape index (κ3) is 6.51. The van der Waals surface area contributed by atoms with E-state index in [2.05, 4.69) is 5.32 Å². The van der Waals surface area contributed by atoms with Gasteiger partial charge in [0.15, 0.2) is 0 Å². The summed E-state index contributed by atoms with van der Waals surface area (Å²) in [4.78, 5) is 28.5. The van der Waals surface area contributed by atoms with E-state index in [0.29, 0.717) is 45.8 Å². The maximum absolute atomic E-state index is 12.5. The number of hydrogen-bond donors (Lipinski definition) is 1. The summed E-state index contributed by atoms with van der Waals surface area (Å²) in [5.74, 6) is 0.972. The number of nitrogens with zero attached hydrogens (tertiary/aromatic N) is 2. The average Bonchev–Trinajstić information content (AvgIpc) is 2.75. The fourth-order valence-electron chi connectivity index (χ4n) is 3.43. The summed E-state index contributed by atoms with van der Waals surface area (Å²) in [6.07, 6.45) is 1.15. The van der Waals surface area contributed by atoms with Crippen molar-refractivity contribution in [2.75, 3.05) is 39.3 Å². The Morgan fingerprint density at radius 2 is 1.63 bits per heavy atom. The van der Waals surface area contributed by atoms with Gasteiger partial charge in [-0.25, -0.2) is 4.79 Å². The number of urea groups is 1. The zero-order valence-electron chi connectivity index (χ0n) is 17.9. The molecule has 1 aliphatic heterocycles. The Labute approximate surface area is 178 Å². The molecule has 6 heteroatoms. The maximum Gasteiger partial charge on any atom is 0.317 e. The Morgan fingerprint density at radius 3 is 2.33 bits per heavy atom. The lowest BCUT2D eigenvalue weighted by Gasteiger charge is -2.34. The first kappa shape index (κ1) is 21.7. The van der Waals surface area contributed by atoms with Crippen molar-refractivity contribution in [2.45, 2.75) is 26.7 Å². The molecule has 0 unspecified atom stereocenters. The van der Waals surface area contributed by atoms with E-state index < -0.39 is 0 Å². The zero-order valence-corrected chi connectivity index (χ0v) is 17.9. The molecule has 0 radical (unpaired) electrons. The number of benzene rings is 2. The molecule has 0 saturated carbocycles. The Morgan fingerprint density at radius 1 is 0.933 bits per heavy atom. The molecule has 3 amide bonds. The molecule has 1 heterocycles. The Hall–Kier alpha value is -3.02. The number of piperazine rings is 1. The van der Waals surface area contributed by atoms with Crippen molar-refractivity contribution >= 4 is 11.9 Å². The molecule has 1 saturated heterocycles. The van der Waals surface area contributed by atoms with Crippen LogP contribution in [0.1, 0.15) is 23.1 Å². The molecular formula is C24H31N3O3. The molecule has 3 rings (SSSR count). The minimum absolute atomic E-state index is 0.0730. The van der Waals surface area contributed by atoms with Crippen LogP contribution in [0.3, 0.4) is 0 Å². The van der Waals surface area contributed by atoms with E-state index in [4.69, 9.17) is 4.74 Å². The highest BCUT2D eigenvalue weighted by molar-refractivity contribution is 5.79. The summed E-state index contributed by atoms with van der Waals surface area (Å²) < 4.78 is 5.70. The highest BCUT2D eigenvalue weighted by Gasteiger charge is 2.23. The van der Waals surface area contributed by atoms with Crippen molar-refractivity contribution in [1.29, 1.82) is 0 Å². The minimum Gasteiger partial charge on any atom is -0.494 e. The number of carbonyl (C=O) groups excluding carboxylic acids is 2. The lowest BCUT2D eigenvalue weighted by Crippen LogP contribution is -2.53. The number of hydrogen-bond acceptors (Lipinski definition) is 3. The second-order valence-corrected chi connectivity index (χ2v) is 7.78. The quantitative estimate of drug-likeness (QED) is 0.715. The highest BCUT2D eigenvalue weighted by atomic mass is 16.5. The number of amides is 3. The van der Waals surface area contributed by atoms with Crippen LogP contribution in [0, 0.1) is 13.8 Å². The maximum atomic E-state index is 12.5. The van der Waals surface area contributed by atoms with Gasteiger partial charge in [0.1, 0.15) is 5.75 Å². The van der Waals surface area contributed by atoms with Gasteiger partial charge in [0, 0.05) is 32.7 Å². The summed E-state index contributed by atoms with van der Waals surface area (Å²) in [6, 6.07) is 15.9. The van der Waals surface area contributed by atoms with E-state index in [9.17, 15) is 9.59 Å². The van der Waals surface area contributed by atoms with Crippen LogP contribution in [-0.4, -0.2) is 61.1 Å². The molecule has 30 heavy (non-hydrogen) atoms. The van der Waals surface area contributed by atoms with Gasteiger partial charge in [0.05, 0.1) is 13.0 Å². The van der Waals surface area contributed by atoms with Crippen LogP contribution in [0.25, 0.3) is 0 Å². The van der Waals surface area contributed by atoms with Crippen LogP contribution in [0.2, 0.25) is 0 Å². The van der Waals surface area contributed by atoms with E-state index in [-0.39, 0.29) is 11.9 Å². The number of rotatable bonds is 7. The predicted molar refractivity (Wildman–Crippen MR) is 118 cm³/mol. The first-order chi connectivity index (χ1) is 14.5. The standard InChI is InChI=1S/C24H31N3O3/c1-19-7-9-21(10-8-19)18-23(28)26-12-14-27(15-13-26)24(29)25-11-4-16-30-22-6-3-5-20(2)17-22/h3,5-10,17H,4,11-16,18H2,1-2H3,(H,25,29). The molecular weight excluding hydrogens is 378 g/mol. The summed E-state index contributed by atoms with van der Waals surface area (Å²) >= 11 is 0. The molecule has 160 valence electrons. The molecule has 0 spiro atoms. The first-order valence-electron chi connectivity index (χ1n) is 10.6. The van der Waals surface area contributed by atoms with Crippen LogP contribution < -0.4 is 10.1 Å². The lowest BCUT2D eigenvalue weighted by molar-refractivity contribution is -0.131. The van der Waals surface area contributed by atoms with Crippen LogP contribution >= 0.6 is 0 Å².